The maximum Gasteiger partial charge on any atom is 0.298 e. The standard InChI is InChI=1S/C26H22FN5O2.CH4/c1-2-7-24(33)31-13-6-8-18(31)16-32-26-22(15-28-17-29-26)25(30-32)21-12-11-20(14-23(21)27)34-19-9-4-3-5-10-19;/h3-5,9-12,14-15,17-18H,6,8,13,16H2,1H3;1H4/t18-;/m0./s1. The number of likely N-dealkylation sites (tertiary alicyclic amines) is 1. The molecule has 0 unspecified atom stereocenters. The Hall–Kier alpha value is -4.25. The number of benzene rings is 2. The van der Waals surface area contributed by atoms with Crippen molar-refractivity contribution in [2.24, 2.45) is 0 Å². The van der Waals surface area contributed by atoms with Crippen molar-refractivity contribution < 1.29 is 13.9 Å². The molecule has 4 aromatic rings. The Kier molecular flexibility index (Phi) is 7.06. The predicted molar refractivity (Wildman–Crippen MR) is 132 cm³/mol. The molecule has 1 fully saturated rings. The minimum atomic E-state index is -0.459. The van der Waals surface area contributed by atoms with Crippen molar-refractivity contribution in [1.82, 2.24) is 24.6 Å². The number of hydrogen-bond acceptors (Lipinski definition) is 5. The van der Waals surface area contributed by atoms with E-state index in [1.807, 2.05) is 30.3 Å². The van der Waals surface area contributed by atoms with Gasteiger partial charge in [-0.1, -0.05) is 31.5 Å². The van der Waals surface area contributed by atoms with Gasteiger partial charge in [-0.3, -0.25) is 4.79 Å². The number of ether oxygens (including phenoxy) is 1. The molecule has 0 aliphatic carbocycles. The number of rotatable bonds is 5. The Bertz CT molecular complexity index is 1410. The summed E-state index contributed by atoms with van der Waals surface area (Å²) in [6.07, 6.45) is 4.83. The number of carbonyl (C=O) groups excluding carboxylic acids is 1. The summed E-state index contributed by atoms with van der Waals surface area (Å²) < 4.78 is 22.7. The number of nitrogens with zero attached hydrogens (tertiary/aromatic N) is 5. The zero-order valence-corrected chi connectivity index (χ0v) is 18.6. The van der Waals surface area contributed by atoms with Gasteiger partial charge in [0.05, 0.1) is 18.0 Å². The van der Waals surface area contributed by atoms with Crippen molar-refractivity contribution in [2.75, 3.05) is 6.54 Å². The van der Waals surface area contributed by atoms with E-state index < -0.39 is 5.82 Å². The van der Waals surface area contributed by atoms with E-state index in [1.165, 1.54) is 12.4 Å². The fourth-order valence-corrected chi connectivity index (χ4v) is 4.29. The molecule has 5 rings (SSSR count). The first kappa shape index (κ1) is 23.9. The number of halogens is 1. The monoisotopic (exact) mass is 471 g/mol. The summed E-state index contributed by atoms with van der Waals surface area (Å²) in [6, 6.07) is 13.9. The largest absolute Gasteiger partial charge is 0.457 e. The molecular weight excluding hydrogens is 445 g/mol. The van der Waals surface area contributed by atoms with E-state index in [1.54, 1.807) is 34.8 Å². The summed E-state index contributed by atoms with van der Waals surface area (Å²) in [5, 5.41) is 5.34. The molecule has 178 valence electrons. The van der Waals surface area contributed by atoms with Gasteiger partial charge in [-0.05, 0) is 50.0 Å². The summed E-state index contributed by atoms with van der Waals surface area (Å²) in [4.78, 5) is 22.7. The Morgan fingerprint density at radius 2 is 2.03 bits per heavy atom. The molecule has 0 spiro atoms. The first-order valence-corrected chi connectivity index (χ1v) is 11.1. The maximum atomic E-state index is 15.2. The normalized spacial score (nSPS) is 14.8. The molecule has 0 bridgehead atoms. The third-order valence-electron chi connectivity index (χ3n) is 5.84. The third-order valence-corrected chi connectivity index (χ3v) is 5.84. The van der Waals surface area contributed by atoms with Gasteiger partial charge >= 0.3 is 0 Å². The molecule has 3 heterocycles. The lowest BCUT2D eigenvalue weighted by atomic mass is 10.1. The number of para-hydroxylation sites is 1. The highest BCUT2D eigenvalue weighted by Crippen LogP contribution is 2.32. The van der Waals surface area contributed by atoms with E-state index in [9.17, 15) is 4.79 Å². The smallest absolute Gasteiger partial charge is 0.298 e. The van der Waals surface area contributed by atoms with E-state index in [2.05, 4.69) is 21.8 Å². The fourth-order valence-electron chi connectivity index (χ4n) is 4.29. The van der Waals surface area contributed by atoms with Gasteiger partial charge in [0.15, 0.2) is 5.65 Å². The molecule has 2 aromatic carbocycles. The molecule has 7 nitrogen and oxygen atoms in total. The van der Waals surface area contributed by atoms with Crippen LogP contribution in [0.15, 0.2) is 61.1 Å². The van der Waals surface area contributed by atoms with Crippen LogP contribution < -0.4 is 4.74 Å². The zero-order valence-electron chi connectivity index (χ0n) is 18.6. The van der Waals surface area contributed by atoms with Crippen molar-refractivity contribution in [1.29, 1.82) is 0 Å². The highest BCUT2D eigenvalue weighted by Gasteiger charge is 2.29. The number of carbonyl (C=O) groups is 1. The molecule has 1 atom stereocenters. The van der Waals surface area contributed by atoms with Crippen LogP contribution in [0.4, 0.5) is 4.39 Å². The second-order valence-electron chi connectivity index (χ2n) is 8.02. The van der Waals surface area contributed by atoms with E-state index in [4.69, 9.17) is 9.84 Å². The van der Waals surface area contributed by atoms with Gasteiger partial charge in [0, 0.05) is 24.4 Å². The zero-order chi connectivity index (χ0) is 23.5. The van der Waals surface area contributed by atoms with Crippen molar-refractivity contribution >= 4 is 16.9 Å². The molecule has 8 heteroatoms. The molecule has 1 aliphatic rings. The first-order valence-electron chi connectivity index (χ1n) is 11.1. The molecule has 35 heavy (non-hydrogen) atoms. The predicted octanol–water partition coefficient (Wildman–Crippen LogP) is 5.08. The average molecular weight is 472 g/mol. The van der Waals surface area contributed by atoms with Gasteiger partial charge in [-0.2, -0.15) is 5.10 Å². The van der Waals surface area contributed by atoms with Gasteiger partial charge in [0.2, 0.25) is 0 Å². The highest BCUT2D eigenvalue weighted by molar-refractivity contribution is 5.94. The molecule has 0 radical (unpaired) electrons. The average Bonchev–Trinajstić information content (AvgIpc) is 3.46. The quantitative estimate of drug-likeness (QED) is 0.380. The van der Waals surface area contributed by atoms with Gasteiger partial charge in [-0.25, -0.2) is 19.0 Å². The summed E-state index contributed by atoms with van der Waals surface area (Å²) >= 11 is 0. The first-order chi connectivity index (χ1) is 16.6. The van der Waals surface area contributed by atoms with Crippen molar-refractivity contribution in [3.05, 3.63) is 66.9 Å². The highest BCUT2D eigenvalue weighted by atomic mass is 19.1. The van der Waals surface area contributed by atoms with Crippen LogP contribution in [0, 0.1) is 17.7 Å². The molecule has 1 saturated heterocycles. The van der Waals surface area contributed by atoms with Crippen LogP contribution in [0.3, 0.4) is 0 Å². The molecule has 1 aliphatic heterocycles. The minimum Gasteiger partial charge on any atom is -0.457 e. The summed E-state index contributed by atoms with van der Waals surface area (Å²) in [5.41, 5.74) is 1.37. The van der Waals surface area contributed by atoms with E-state index in [0.29, 0.717) is 46.9 Å². The number of fused-ring (bicyclic) bond motifs is 1. The van der Waals surface area contributed by atoms with Gasteiger partial charge < -0.3 is 9.64 Å². The van der Waals surface area contributed by atoms with Crippen LogP contribution in [-0.2, 0) is 11.3 Å². The second kappa shape index (κ2) is 10.3. The lowest BCUT2D eigenvalue weighted by Crippen LogP contribution is -2.37. The van der Waals surface area contributed by atoms with Crippen LogP contribution >= 0.6 is 0 Å². The van der Waals surface area contributed by atoms with E-state index >= 15 is 4.39 Å². The lowest BCUT2D eigenvalue weighted by molar-refractivity contribution is -0.126. The Morgan fingerprint density at radius 1 is 1.20 bits per heavy atom. The summed E-state index contributed by atoms with van der Waals surface area (Å²) in [7, 11) is 0. The van der Waals surface area contributed by atoms with Gasteiger partial charge in [0.1, 0.15) is 29.3 Å². The second-order valence-corrected chi connectivity index (χ2v) is 8.02. The third kappa shape index (κ3) is 4.85. The van der Waals surface area contributed by atoms with Crippen LogP contribution in [0.5, 0.6) is 11.5 Å². The molecule has 0 N–H and O–H groups in total. The van der Waals surface area contributed by atoms with Crippen LogP contribution in [0.25, 0.3) is 22.3 Å². The number of aromatic nitrogens is 4. The lowest BCUT2D eigenvalue weighted by Gasteiger charge is -2.22. The summed E-state index contributed by atoms with van der Waals surface area (Å²) in [5.74, 6) is 5.67. The van der Waals surface area contributed by atoms with Crippen LogP contribution in [-0.4, -0.2) is 43.1 Å². The van der Waals surface area contributed by atoms with Gasteiger partial charge in [0.25, 0.3) is 5.91 Å². The van der Waals surface area contributed by atoms with Crippen molar-refractivity contribution in [3.63, 3.8) is 0 Å². The summed E-state index contributed by atoms with van der Waals surface area (Å²) in [6.45, 7) is 2.76. The minimum absolute atomic E-state index is 0. The Morgan fingerprint density at radius 3 is 2.80 bits per heavy atom. The molecule has 0 saturated carbocycles. The Balaban J connectivity index is 0.00000289. The van der Waals surface area contributed by atoms with Crippen LogP contribution in [0.1, 0.15) is 27.2 Å². The van der Waals surface area contributed by atoms with Crippen LogP contribution in [0.2, 0.25) is 0 Å². The van der Waals surface area contributed by atoms with Crippen molar-refractivity contribution in [2.45, 2.75) is 39.8 Å². The Labute approximate surface area is 203 Å². The van der Waals surface area contributed by atoms with E-state index in [-0.39, 0.29) is 19.4 Å². The van der Waals surface area contributed by atoms with E-state index in [0.717, 1.165) is 12.8 Å². The maximum absolute atomic E-state index is 15.2. The SMILES string of the molecule is C.CC#CC(=O)N1CCC[C@H]1Cn1nc(-c2ccc(Oc3ccccc3)cc2F)c2cncnc21. The molecule has 1 amide bonds. The fraction of sp³-hybridized carbons (Fsp3) is 0.259. The van der Waals surface area contributed by atoms with Gasteiger partial charge in [-0.15, -0.1) is 0 Å². The molecule has 2 aromatic heterocycles. The number of hydrogen-bond donors (Lipinski definition) is 0. The van der Waals surface area contributed by atoms with Crippen molar-refractivity contribution in [3.8, 4) is 34.6 Å². The topological polar surface area (TPSA) is 73.1 Å². The molecular formula is C27H26FN5O2. The number of amides is 1.